The van der Waals surface area contributed by atoms with E-state index in [1.54, 1.807) is 51.4 Å². The van der Waals surface area contributed by atoms with Gasteiger partial charge in [-0.05, 0) is 47.5 Å². The monoisotopic (exact) mass is 439 g/mol. The first-order chi connectivity index (χ1) is 15.1. The van der Waals surface area contributed by atoms with Crippen molar-refractivity contribution in [3.05, 3.63) is 71.9 Å². The molecule has 3 aromatic rings. The van der Waals surface area contributed by atoms with Crippen LogP contribution in [0.4, 0.5) is 10.5 Å². The zero-order chi connectivity index (χ0) is 22.1. The van der Waals surface area contributed by atoms with Crippen molar-refractivity contribution in [2.45, 2.75) is 17.3 Å². The maximum atomic E-state index is 12.4. The molecule has 3 rings (SSSR count). The summed E-state index contributed by atoms with van der Waals surface area (Å²) in [5.74, 6) is 2.35. The van der Waals surface area contributed by atoms with Gasteiger partial charge in [-0.1, -0.05) is 18.2 Å². The number of carbonyl (C=O) groups excluding carboxylic acids is 1. The molecule has 2 aromatic carbocycles. The summed E-state index contributed by atoms with van der Waals surface area (Å²) in [6.07, 6.45) is 1.78. The third-order valence-electron chi connectivity index (χ3n) is 4.39. The Balaban J connectivity index is 1.57. The van der Waals surface area contributed by atoms with Gasteiger partial charge in [-0.15, -0.1) is 11.8 Å². The summed E-state index contributed by atoms with van der Waals surface area (Å²) < 4.78 is 16.0. The highest BCUT2D eigenvalue weighted by Crippen LogP contribution is 2.38. The van der Waals surface area contributed by atoms with Crippen molar-refractivity contribution >= 4 is 23.5 Å². The Morgan fingerprint density at radius 2 is 1.71 bits per heavy atom. The molecule has 0 aliphatic heterocycles. The van der Waals surface area contributed by atoms with Crippen LogP contribution in [0, 0.1) is 0 Å². The van der Waals surface area contributed by atoms with Crippen molar-refractivity contribution in [1.29, 1.82) is 0 Å². The molecule has 0 fully saturated rings. The zero-order valence-electron chi connectivity index (χ0n) is 17.7. The average molecular weight is 440 g/mol. The second kappa shape index (κ2) is 11.1. The summed E-state index contributed by atoms with van der Waals surface area (Å²) in [7, 11) is 4.66. The number of pyridine rings is 1. The minimum atomic E-state index is -0.303. The van der Waals surface area contributed by atoms with E-state index in [4.69, 9.17) is 14.2 Å². The predicted octanol–water partition coefficient (Wildman–Crippen LogP) is 4.72. The van der Waals surface area contributed by atoms with Gasteiger partial charge in [-0.25, -0.2) is 9.78 Å². The van der Waals surface area contributed by atoms with Gasteiger partial charge in [0.2, 0.25) is 5.75 Å². The van der Waals surface area contributed by atoms with Crippen LogP contribution in [0.1, 0.15) is 11.1 Å². The molecule has 0 aliphatic carbocycles. The highest BCUT2D eigenvalue weighted by Gasteiger charge is 2.13. The van der Waals surface area contributed by atoms with Gasteiger partial charge < -0.3 is 24.8 Å². The minimum Gasteiger partial charge on any atom is -0.493 e. The number of hydrogen-bond acceptors (Lipinski definition) is 6. The Kier molecular flexibility index (Phi) is 8.00. The molecule has 0 saturated heterocycles. The summed E-state index contributed by atoms with van der Waals surface area (Å²) in [5.41, 5.74) is 2.64. The third kappa shape index (κ3) is 6.29. The molecule has 1 aromatic heterocycles. The van der Waals surface area contributed by atoms with E-state index in [2.05, 4.69) is 15.6 Å². The molecule has 0 bridgehead atoms. The smallest absolute Gasteiger partial charge is 0.319 e. The number of anilines is 1. The van der Waals surface area contributed by atoms with Crippen molar-refractivity contribution in [2.75, 3.05) is 26.6 Å². The fourth-order valence-corrected chi connectivity index (χ4v) is 3.73. The number of thioether (sulfide) groups is 1. The van der Waals surface area contributed by atoms with Crippen molar-refractivity contribution in [1.82, 2.24) is 10.3 Å². The topological polar surface area (TPSA) is 81.7 Å². The number of rotatable bonds is 9. The van der Waals surface area contributed by atoms with Crippen LogP contribution in [0.15, 0.2) is 65.8 Å². The van der Waals surface area contributed by atoms with Gasteiger partial charge >= 0.3 is 6.03 Å². The van der Waals surface area contributed by atoms with E-state index < -0.39 is 0 Å². The van der Waals surface area contributed by atoms with E-state index in [-0.39, 0.29) is 6.03 Å². The predicted molar refractivity (Wildman–Crippen MR) is 122 cm³/mol. The van der Waals surface area contributed by atoms with Crippen LogP contribution in [0.2, 0.25) is 0 Å². The first-order valence-corrected chi connectivity index (χ1v) is 10.6. The van der Waals surface area contributed by atoms with Crippen LogP contribution in [-0.2, 0) is 12.3 Å². The van der Waals surface area contributed by atoms with Crippen molar-refractivity contribution in [3.63, 3.8) is 0 Å². The number of methoxy groups -OCH3 is 3. The molecule has 0 atom stereocenters. The number of amides is 2. The molecule has 1 heterocycles. The lowest BCUT2D eigenvalue weighted by atomic mass is 10.2. The Hall–Kier alpha value is -3.39. The number of aromatic nitrogens is 1. The molecule has 7 nitrogen and oxygen atoms in total. The molecule has 31 heavy (non-hydrogen) atoms. The molecule has 0 unspecified atom stereocenters. The lowest BCUT2D eigenvalue weighted by Crippen LogP contribution is -2.28. The highest BCUT2D eigenvalue weighted by molar-refractivity contribution is 7.98. The van der Waals surface area contributed by atoms with E-state index in [1.807, 2.05) is 42.5 Å². The van der Waals surface area contributed by atoms with E-state index in [1.165, 1.54) is 0 Å². The van der Waals surface area contributed by atoms with Crippen LogP contribution in [-0.4, -0.2) is 32.3 Å². The standard InChI is InChI=1S/C23H25N3O4S/c1-28-19-12-17(13-20(29-2)22(19)30-3)14-25-23(27)26-18-8-6-7-16(11-18)15-31-21-9-4-5-10-24-21/h4-13H,14-15H2,1-3H3,(H2,25,26,27). The van der Waals surface area contributed by atoms with Crippen molar-refractivity contribution in [3.8, 4) is 17.2 Å². The first-order valence-electron chi connectivity index (χ1n) is 9.59. The van der Waals surface area contributed by atoms with E-state index >= 15 is 0 Å². The Bertz CT molecular complexity index is 990. The quantitative estimate of drug-likeness (QED) is 0.470. The number of hydrogen-bond donors (Lipinski definition) is 2. The van der Waals surface area contributed by atoms with Gasteiger partial charge in [0.15, 0.2) is 11.5 Å². The van der Waals surface area contributed by atoms with E-state index in [0.717, 1.165) is 27.6 Å². The molecular formula is C23H25N3O4S. The SMILES string of the molecule is COc1cc(CNC(=O)Nc2cccc(CSc3ccccn3)c2)cc(OC)c1OC. The van der Waals surface area contributed by atoms with Crippen molar-refractivity contribution < 1.29 is 19.0 Å². The van der Waals surface area contributed by atoms with Crippen LogP contribution >= 0.6 is 11.8 Å². The second-order valence-corrected chi connectivity index (χ2v) is 7.49. The first kappa shape index (κ1) is 22.3. The number of nitrogens with one attached hydrogen (secondary N) is 2. The summed E-state index contributed by atoms with van der Waals surface area (Å²) in [6, 6.07) is 16.9. The maximum Gasteiger partial charge on any atom is 0.319 e. The van der Waals surface area contributed by atoms with Crippen LogP contribution < -0.4 is 24.8 Å². The normalized spacial score (nSPS) is 10.3. The Morgan fingerprint density at radius 1 is 0.935 bits per heavy atom. The number of urea groups is 1. The second-order valence-electron chi connectivity index (χ2n) is 6.50. The van der Waals surface area contributed by atoms with E-state index in [9.17, 15) is 4.79 Å². The van der Waals surface area contributed by atoms with Gasteiger partial charge in [0.1, 0.15) is 0 Å². The highest BCUT2D eigenvalue weighted by atomic mass is 32.2. The van der Waals surface area contributed by atoms with Crippen molar-refractivity contribution in [2.24, 2.45) is 0 Å². The molecule has 0 spiro atoms. The molecule has 2 amide bonds. The molecular weight excluding hydrogens is 414 g/mol. The molecule has 0 aliphatic rings. The van der Waals surface area contributed by atoms with E-state index in [0.29, 0.717) is 23.8 Å². The molecule has 0 radical (unpaired) electrons. The number of nitrogens with zero attached hydrogens (tertiary/aromatic N) is 1. The van der Waals surface area contributed by atoms with Crippen LogP contribution in [0.25, 0.3) is 0 Å². The lowest BCUT2D eigenvalue weighted by Gasteiger charge is -2.14. The lowest BCUT2D eigenvalue weighted by molar-refractivity contribution is 0.251. The van der Waals surface area contributed by atoms with Gasteiger partial charge in [0.25, 0.3) is 0 Å². The maximum absolute atomic E-state index is 12.4. The summed E-state index contributed by atoms with van der Waals surface area (Å²) in [6.45, 7) is 0.303. The summed E-state index contributed by atoms with van der Waals surface area (Å²) in [4.78, 5) is 16.7. The molecule has 8 heteroatoms. The van der Waals surface area contributed by atoms with Crippen LogP contribution in [0.3, 0.4) is 0 Å². The molecule has 0 saturated carbocycles. The minimum absolute atomic E-state index is 0.303. The van der Waals surface area contributed by atoms with Gasteiger partial charge in [-0.2, -0.15) is 0 Å². The Labute approximate surface area is 186 Å². The fourth-order valence-electron chi connectivity index (χ4n) is 2.92. The largest absolute Gasteiger partial charge is 0.493 e. The van der Waals surface area contributed by atoms with Crippen LogP contribution in [0.5, 0.6) is 17.2 Å². The molecule has 2 N–H and O–H groups in total. The number of benzene rings is 2. The fraction of sp³-hybridized carbons (Fsp3) is 0.217. The number of carbonyl (C=O) groups is 1. The zero-order valence-corrected chi connectivity index (χ0v) is 18.5. The molecule has 162 valence electrons. The van der Waals surface area contributed by atoms with Gasteiger partial charge in [0.05, 0.1) is 26.4 Å². The van der Waals surface area contributed by atoms with Gasteiger partial charge in [0, 0.05) is 24.2 Å². The summed E-state index contributed by atoms with van der Waals surface area (Å²) in [5, 5.41) is 6.68. The Morgan fingerprint density at radius 3 is 2.35 bits per heavy atom. The van der Waals surface area contributed by atoms with Gasteiger partial charge in [-0.3, -0.25) is 0 Å². The third-order valence-corrected chi connectivity index (χ3v) is 5.40. The number of ether oxygens (including phenoxy) is 3. The average Bonchev–Trinajstić information content (AvgIpc) is 2.81. The summed E-state index contributed by atoms with van der Waals surface area (Å²) >= 11 is 1.65.